The number of carbonyl (C=O) groups excluding carboxylic acids is 2. The van der Waals surface area contributed by atoms with Crippen molar-refractivity contribution in [3.05, 3.63) is 11.6 Å². The fourth-order valence-electron chi connectivity index (χ4n) is 12.2. The van der Waals surface area contributed by atoms with Crippen LogP contribution in [-0.4, -0.2) is 180 Å². The monoisotopic (exact) mass is 888 g/mol. The molecule has 7 unspecified atom stereocenters. The normalized spacial score (nSPS) is 50.5. The molecular weight excluding hydrogens is 820 g/mol. The van der Waals surface area contributed by atoms with Crippen LogP contribution in [0, 0.1) is 46.3 Å². The lowest BCUT2D eigenvalue weighted by atomic mass is 9.47. The minimum atomic E-state index is -2.00. The van der Waals surface area contributed by atoms with Gasteiger partial charge in [-0.1, -0.05) is 39.3 Å². The summed E-state index contributed by atoms with van der Waals surface area (Å²) in [5.41, 5.74) is 0.640. The van der Waals surface area contributed by atoms with Crippen LogP contribution in [0.4, 0.5) is 0 Å². The highest BCUT2D eigenvalue weighted by Crippen LogP contribution is 2.66. The lowest BCUT2D eigenvalue weighted by Gasteiger charge is -2.58. The lowest BCUT2D eigenvalue weighted by Crippen LogP contribution is -2.67. The molecule has 0 radical (unpaired) electrons. The second-order valence-corrected chi connectivity index (χ2v) is 19.7. The predicted molar refractivity (Wildman–Crippen MR) is 209 cm³/mol. The summed E-state index contributed by atoms with van der Waals surface area (Å²) in [4.78, 5) is 27.2. The fraction of sp³-hybridized carbons (Fsp3) is 0.907. The van der Waals surface area contributed by atoms with Crippen LogP contribution < -0.4 is 0 Å². The van der Waals surface area contributed by atoms with E-state index in [4.69, 9.17) is 28.4 Å². The summed E-state index contributed by atoms with van der Waals surface area (Å²) < 4.78 is 34.8. The van der Waals surface area contributed by atoms with E-state index in [0.29, 0.717) is 38.5 Å². The number of carbonyl (C=O) groups is 2. The van der Waals surface area contributed by atoms with Gasteiger partial charge in [-0.2, -0.15) is 0 Å². The average molecular weight is 889 g/mol. The van der Waals surface area contributed by atoms with Crippen LogP contribution >= 0.6 is 0 Å². The standard InChI is InChI=1S/C43H68O19/c1-17(15-44)5-8-24(46)18(2)27-25(47)14-23-21-7-6-19-13-20(9-11-42(19,3)22(21)10-12-43(23,27)4)57-41-36(60-40-33(53)29(49)31(51)38(56)62-40)34(54)35(26(16-45)58-41)59-39-32(52)28(48)30(50)37(55)61-39/h6,17-18,20-23,26-41,44-45,48-56H,5,7-16H2,1-4H3/t17-,18-,20?,21-,22+,23+,26?,27+,28?,29?,30-,31-,32+,33+,34?,35-,36+,37?,38?,39-,40-,41-,42+,43+/m1/s1. The number of aliphatic hydroxyl groups excluding tert-OH is 11. The van der Waals surface area contributed by atoms with E-state index in [1.165, 1.54) is 5.57 Å². The molecule has 3 aliphatic heterocycles. The van der Waals surface area contributed by atoms with Crippen molar-refractivity contribution in [2.24, 2.45) is 46.3 Å². The number of hydrogen-bond acceptors (Lipinski definition) is 19. The second kappa shape index (κ2) is 18.9. The van der Waals surface area contributed by atoms with Gasteiger partial charge in [0.25, 0.3) is 0 Å². The highest BCUT2D eigenvalue weighted by atomic mass is 16.8. The maximum atomic E-state index is 13.8. The summed E-state index contributed by atoms with van der Waals surface area (Å²) in [6.07, 6.45) is -20.0. The average Bonchev–Trinajstić information content (AvgIpc) is 3.52. The molecule has 0 amide bonds. The molecule has 4 aliphatic carbocycles. The van der Waals surface area contributed by atoms with Gasteiger partial charge in [-0.3, -0.25) is 9.59 Å². The van der Waals surface area contributed by atoms with E-state index in [9.17, 15) is 65.8 Å². The quantitative estimate of drug-likeness (QED) is 0.0901. The van der Waals surface area contributed by atoms with Crippen LogP contribution in [0.25, 0.3) is 0 Å². The number of fused-ring (bicyclic) bond motifs is 5. The molecule has 19 heteroatoms. The Bertz CT molecular complexity index is 1620. The third-order valence-electron chi connectivity index (χ3n) is 16.0. The van der Waals surface area contributed by atoms with Gasteiger partial charge in [0.15, 0.2) is 31.5 Å². The molecule has 0 aromatic carbocycles. The Balaban J connectivity index is 1.08. The predicted octanol–water partition coefficient (Wildman–Crippen LogP) is -1.89. The van der Waals surface area contributed by atoms with Gasteiger partial charge in [0.05, 0.1) is 12.7 Å². The van der Waals surface area contributed by atoms with Crippen molar-refractivity contribution in [1.82, 2.24) is 0 Å². The zero-order valence-electron chi connectivity index (χ0n) is 35.7. The van der Waals surface area contributed by atoms with Crippen LogP contribution in [0.5, 0.6) is 0 Å². The number of ketones is 2. The summed E-state index contributed by atoms with van der Waals surface area (Å²) in [5, 5.41) is 114. The second-order valence-electron chi connectivity index (χ2n) is 19.7. The van der Waals surface area contributed by atoms with Crippen molar-refractivity contribution < 1.29 is 94.2 Å². The highest BCUT2D eigenvalue weighted by Gasteiger charge is 2.63. The first-order valence-corrected chi connectivity index (χ1v) is 22.3. The molecule has 7 rings (SSSR count). The van der Waals surface area contributed by atoms with Crippen LogP contribution in [-0.2, 0) is 38.0 Å². The van der Waals surface area contributed by atoms with E-state index in [1.807, 2.05) is 13.8 Å². The van der Waals surface area contributed by atoms with Crippen molar-refractivity contribution in [3.8, 4) is 0 Å². The largest absolute Gasteiger partial charge is 0.396 e. The van der Waals surface area contributed by atoms with E-state index in [-0.39, 0.29) is 58.6 Å². The van der Waals surface area contributed by atoms with Gasteiger partial charge in [-0.05, 0) is 79.4 Å². The minimum Gasteiger partial charge on any atom is -0.396 e. The molecule has 24 atom stereocenters. The molecular formula is C43H68O19. The first-order valence-electron chi connectivity index (χ1n) is 22.3. The Morgan fingerprint density at radius 2 is 1.35 bits per heavy atom. The molecule has 7 aliphatic rings. The van der Waals surface area contributed by atoms with Gasteiger partial charge >= 0.3 is 0 Å². The first-order chi connectivity index (χ1) is 29.2. The topological polar surface area (TPSA) is 312 Å². The van der Waals surface area contributed by atoms with Crippen molar-refractivity contribution >= 4 is 11.6 Å². The molecule has 0 aromatic rings. The zero-order valence-corrected chi connectivity index (χ0v) is 35.7. The molecule has 0 spiro atoms. The first kappa shape index (κ1) is 48.3. The number of rotatable bonds is 13. The van der Waals surface area contributed by atoms with Gasteiger partial charge in [-0.25, -0.2) is 0 Å². The van der Waals surface area contributed by atoms with E-state index >= 15 is 0 Å². The van der Waals surface area contributed by atoms with E-state index in [2.05, 4.69) is 19.9 Å². The molecule has 19 nitrogen and oxygen atoms in total. The van der Waals surface area contributed by atoms with Gasteiger partial charge in [0, 0.05) is 31.3 Å². The summed E-state index contributed by atoms with van der Waals surface area (Å²) in [6, 6.07) is 0. The van der Waals surface area contributed by atoms with Crippen molar-refractivity contribution in [3.63, 3.8) is 0 Å². The Morgan fingerprint density at radius 3 is 1.95 bits per heavy atom. The van der Waals surface area contributed by atoms with Crippen molar-refractivity contribution in [1.29, 1.82) is 0 Å². The number of allylic oxidation sites excluding steroid dienone is 1. The molecule has 3 saturated carbocycles. The Morgan fingerprint density at radius 1 is 0.742 bits per heavy atom. The van der Waals surface area contributed by atoms with Crippen LogP contribution in [0.15, 0.2) is 11.6 Å². The fourth-order valence-corrected chi connectivity index (χ4v) is 12.2. The van der Waals surface area contributed by atoms with Crippen molar-refractivity contribution in [2.75, 3.05) is 13.2 Å². The Kier molecular flexibility index (Phi) is 14.8. The Labute approximate surface area is 360 Å². The van der Waals surface area contributed by atoms with Gasteiger partial charge < -0.3 is 84.6 Å². The van der Waals surface area contributed by atoms with Gasteiger partial charge in [0.1, 0.15) is 72.6 Å². The zero-order chi connectivity index (χ0) is 45.2. The molecule has 3 saturated heterocycles. The van der Waals surface area contributed by atoms with Crippen LogP contribution in [0.1, 0.15) is 85.5 Å². The number of ether oxygens (including phenoxy) is 6. The molecule has 0 aromatic heterocycles. The molecule has 62 heavy (non-hydrogen) atoms. The van der Waals surface area contributed by atoms with Crippen molar-refractivity contribution in [2.45, 2.75) is 184 Å². The third-order valence-corrected chi connectivity index (χ3v) is 16.0. The third kappa shape index (κ3) is 8.74. The number of hydrogen-bond donors (Lipinski definition) is 11. The summed E-state index contributed by atoms with van der Waals surface area (Å²) in [6.45, 7) is 7.49. The molecule has 11 N–H and O–H groups in total. The Hall–Kier alpha value is -1.60. The maximum absolute atomic E-state index is 13.8. The van der Waals surface area contributed by atoms with Crippen LogP contribution in [0.2, 0.25) is 0 Å². The van der Waals surface area contributed by atoms with Crippen LogP contribution in [0.3, 0.4) is 0 Å². The molecule has 0 bridgehead atoms. The summed E-state index contributed by atoms with van der Waals surface area (Å²) in [7, 11) is 0. The summed E-state index contributed by atoms with van der Waals surface area (Å²) >= 11 is 0. The number of Topliss-reactive ketones (excluding diaryl/α,β-unsaturated/α-hetero) is 2. The van der Waals surface area contributed by atoms with E-state index in [1.54, 1.807) is 0 Å². The molecule has 3 heterocycles. The van der Waals surface area contributed by atoms with Gasteiger partial charge in [0.2, 0.25) is 0 Å². The number of aliphatic hydroxyl groups is 11. The van der Waals surface area contributed by atoms with Gasteiger partial charge in [-0.15, -0.1) is 0 Å². The highest BCUT2D eigenvalue weighted by molar-refractivity contribution is 5.92. The van der Waals surface area contributed by atoms with E-state index in [0.717, 1.165) is 19.3 Å². The van der Waals surface area contributed by atoms with E-state index < -0.39 is 111 Å². The SMILES string of the molecule is C[C@@H](CO)CCC(=O)[C@@H](C)[C@H]1C(=O)C[C@H]2[C@@H]3CC=C4CC(O[C@@H]5OC(CO)[C@@H](O[C@@H]6OC(O)[C@H](O)C(O)[C@@H]6O)C(O)[C@@H]5O[C@@H]5OC(O)[C@H](O)C(O)[C@@H]5O)CC[C@]4(C)[C@H]3CC[C@]12C. The lowest BCUT2D eigenvalue weighted by molar-refractivity contribution is -0.405. The molecule has 354 valence electrons. The maximum Gasteiger partial charge on any atom is 0.189 e. The smallest absolute Gasteiger partial charge is 0.189 e. The summed E-state index contributed by atoms with van der Waals surface area (Å²) in [5.74, 6) is 0.164. The molecule has 6 fully saturated rings. The minimum absolute atomic E-state index is 0.0158.